The Morgan fingerprint density at radius 1 is 1.23 bits per heavy atom. The van der Waals surface area contributed by atoms with Gasteiger partial charge in [0.2, 0.25) is 10.0 Å². The van der Waals surface area contributed by atoms with Crippen molar-refractivity contribution in [2.45, 2.75) is 49.9 Å². The SMILES string of the molecule is C[C@@H]1CN(S(=O)(=O)c2ccc(C(=O)NC[C@H](O)C3CC3)cc2)C[C@H](C)O1. The molecule has 3 atom stereocenters. The molecule has 3 rings (SSSR count). The minimum absolute atomic E-state index is 0.156. The van der Waals surface area contributed by atoms with Gasteiger partial charge in [-0.15, -0.1) is 0 Å². The number of aliphatic hydroxyl groups is 1. The molecular formula is C18H26N2O5S. The van der Waals surface area contributed by atoms with Crippen molar-refractivity contribution >= 4 is 15.9 Å². The van der Waals surface area contributed by atoms with Gasteiger partial charge in [0, 0.05) is 25.2 Å². The van der Waals surface area contributed by atoms with E-state index in [2.05, 4.69) is 5.32 Å². The Hall–Kier alpha value is -1.48. The molecule has 2 fully saturated rings. The molecule has 1 aromatic carbocycles. The smallest absolute Gasteiger partial charge is 0.251 e. The number of carbonyl (C=O) groups excluding carboxylic acids is 1. The molecule has 0 aromatic heterocycles. The summed E-state index contributed by atoms with van der Waals surface area (Å²) < 4.78 is 32.6. The molecule has 1 aliphatic carbocycles. The van der Waals surface area contributed by atoms with Crippen molar-refractivity contribution in [3.63, 3.8) is 0 Å². The van der Waals surface area contributed by atoms with E-state index in [4.69, 9.17) is 4.74 Å². The van der Waals surface area contributed by atoms with Crippen LogP contribution in [-0.2, 0) is 14.8 Å². The molecule has 1 aromatic rings. The first kappa shape index (κ1) is 19.3. The van der Waals surface area contributed by atoms with Crippen molar-refractivity contribution < 1.29 is 23.1 Å². The molecule has 0 spiro atoms. The Morgan fingerprint density at radius 3 is 2.35 bits per heavy atom. The van der Waals surface area contributed by atoms with Gasteiger partial charge in [-0.1, -0.05) is 0 Å². The van der Waals surface area contributed by atoms with E-state index in [0.717, 1.165) is 12.8 Å². The first-order valence-electron chi connectivity index (χ1n) is 8.99. The normalized spacial score (nSPS) is 25.7. The standard InChI is InChI=1S/C18H26N2O5S/c1-12-10-20(11-13(2)25-12)26(23,24)16-7-5-15(6-8-16)18(22)19-9-17(21)14-3-4-14/h5-8,12-14,17,21H,3-4,9-11H2,1-2H3,(H,19,22)/t12-,13+,17-/m0/s1. The van der Waals surface area contributed by atoms with E-state index >= 15 is 0 Å². The number of ether oxygens (including phenoxy) is 1. The van der Waals surface area contributed by atoms with Crippen LogP contribution >= 0.6 is 0 Å². The molecule has 1 amide bonds. The first-order valence-corrected chi connectivity index (χ1v) is 10.4. The Bertz CT molecular complexity index is 735. The van der Waals surface area contributed by atoms with Crippen LogP contribution < -0.4 is 5.32 Å². The third-order valence-electron chi connectivity index (χ3n) is 4.78. The van der Waals surface area contributed by atoms with E-state index in [0.29, 0.717) is 24.6 Å². The number of morpholine rings is 1. The lowest BCUT2D eigenvalue weighted by molar-refractivity contribution is -0.0440. The summed E-state index contributed by atoms with van der Waals surface area (Å²) in [7, 11) is -3.62. The lowest BCUT2D eigenvalue weighted by Gasteiger charge is -2.34. The van der Waals surface area contributed by atoms with Crippen LogP contribution in [0.15, 0.2) is 29.2 Å². The molecule has 0 bridgehead atoms. The number of sulfonamides is 1. The highest BCUT2D eigenvalue weighted by Gasteiger charge is 2.32. The van der Waals surface area contributed by atoms with E-state index in [9.17, 15) is 18.3 Å². The predicted octanol–water partition coefficient (Wildman–Crippen LogP) is 0.985. The molecule has 7 nitrogen and oxygen atoms in total. The van der Waals surface area contributed by atoms with Gasteiger partial charge in [0.1, 0.15) is 0 Å². The van der Waals surface area contributed by atoms with Crippen molar-refractivity contribution in [1.29, 1.82) is 0 Å². The number of amides is 1. The Morgan fingerprint density at radius 2 is 1.81 bits per heavy atom. The van der Waals surface area contributed by atoms with Gasteiger partial charge in [0.15, 0.2) is 0 Å². The highest BCUT2D eigenvalue weighted by Crippen LogP contribution is 2.32. The van der Waals surface area contributed by atoms with Crippen LogP contribution in [0.25, 0.3) is 0 Å². The second-order valence-electron chi connectivity index (χ2n) is 7.22. The van der Waals surface area contributed by atoms with Crippen LogP contribution in [-0.4, -0.2) is 61.7 Å². The van der Waals surface area contributed by atoms with E-state index in [1.165, 1.54) is 28.6 Å². The maximum absolute atomic E-state index is 12.8. The average molecular weight is 382 g/mol. The summed E-state index contributed by atoms with van der Waals surface area (Å²) in [5.41, 5.74) is 0.371. The Labute approximate surface area is 154 Å². The van der Waals surface area contributed by atoms with Gasteiger partial charge in [-0.25, -0.2) is 8.42 Å². The summed E-state index contributed by atoms with van der Waals surface area (Å²) in [6.45, 7) is 4.54. The number of nitrogens with zero attached hydrogens (tertiary/aromatic N) is 1. The van der Waals surface area contributed by atoms with Crippen molar-refractivity contribution in [3.8, 4) is 0 Å². The van der Waals surface area contributed by atoms with Crippen LogP contribution in [0.2, 0.25) is 0 Å². The second-order valence-corrected chi connectivity index (χ2v) is 9.16. The molecule has 26 heavy (non-hydrogen) atoms. The van der Waals surface area contributed by atoms with Crippen molar-refractivity contribution in [2.24, 2.45) is 5.92 Å². The molecular weight excluding hydrogens is 356 g/mol. The van der Waals surface area contributed by atoms with Crippen LogP contribution in [0.4, 0.5) is 0 Å². The minimum atomic E-state index is -3.62. The largest absolute Gasteiger partial charge is 0.391 e. The zero-order valence-corrected chi connectivity index (χ0v) is 15.9. The van der Waals surface area contributed by atoms with Gasteiger partial charge >= 0.3 is 0 Å². The number of rotatable bonds is 6. The molecule has 2 aliphatic rings. The van der Waals surface area contributed by atoms with Crippen molar-refractivity contribution in [1.82, 2.24) is 9.62 Å². The average Bonchev–Trinajstić information content (AvgIpc) is 3.43. The number of hydrogen-bond donors (Lipinski definition) is 2. The molecule has 1 heterocycles. The molecule has 1 saturated carbocycles. The molecule has 1 saturated heterocycles. The molecule has 8 heteroatoms. The summed E-state index contributed by atoms with van der Waals surface area (Å²) in [6, 6.07) is 5.90. The number of nitrogens with one attached hydrogen (secondary N) is 1. The fraction of sp³-hybridized carbons (Fsp3) is 0.611. The van der Waals surface area contributed by atoms with Gasteiger partial charge < -0.3 is 15.2 Å². The lowest BCUT2D eigenvalue weighted by Crippen LogP contribution is -2.48. The monoisotopic (exact) mass is 382 g/mol. The third-order valence-corrected chi connectivity index (χ3v) is 6.62. The third kappa shape index (κ3) is 4.43. The van der Waals surface area contributed by atoms with Crippen LogP contribution in [0, 0.1) is 5.92 Å². The Balaban J connectivity index is 1.65. The minimum Gasteiger partial charge on any atom is -0.391 e. The van der Waals surface area contributed by atoms with Crippen LogP contribution in [0.5, 0.6) is 0 Å². The summed E-state index contributed by atoms with van der Waals surface area (Å²) in [5.74, 6) is -0.0246. The number of hydrogen-bond acceptors (Lipinski definition) is 5. The summed E-state index contributed by atoms with van der Waals surface area (Å²) in [5, 5.41) is 12.5. The topological polar surface area (TPSA) is 95.9 Å². The van der Waals surface area contributed by atoms with Gasteiger partial charge in [0.05, 0.1) is 23.2 Å². The highest BCUT2D eigenvalue weighted by atomic mass is 32.2. The maximum Gasteiger partial charge on any atom is 0.251 e. The molecule has 0 unspecified atom stereocenters. The maximum atomic E-state index is 12.8. The molecule has 0 radical (unpaired) electrons. The van der Waals surface area contributed by atoms with Crippen LogP contribution in [0.3, 0.4) is 0 Å². The van der Waals surface area contributed by atoms with Gasteiger partial charge in [-0.3, -0.25) is 4.79 Å². The van der Waals surface area contributed by atoms with E-state index in [1.54, 1.807) is 0 Å². The van der Waals surface area contributed by atoms with E-state index < -0.39 is 16.1 Å². The van der Waals surface area contributed by atoms with E-state index in [-0.39, 0.29) is 29.6 Å². The quantitative estimate of drug-likeness (QED) is 0.765. The first-order chi connectivity index (χ1) is 12.3. The zero-order valence-electron chi connectivity index (χ0n) is 15.1. The number of aliphatic hydroxyl groups excluding tert-OH is 1. The summed E-state index contributed by atoms with van der Waals surface area (Å²) in [4.78, 5) is 12.3. The van der Waals surface area contributed by atoms with Gasteiger partial charge in [-0.2, -0.15) is 4.31 Å². The van der Waals surface area contributed by atoms with Gasteiger partial charge in [-0.05, 0) is 56.9 Å². The number of carbonyl (C=O) groups is 1. The van der Waals surface area contributed by atoms with Crippen molar-refractivity contribution in [2.75, 3.05) is 19.6 Å². The van der Waals surface area contributed by atoms with E-state index in [1.807, 2.05) is 13.8 Å². The predicted molar refractivity (Wildman–Crippen MR) is 96.3 cm³/mol. The fourth-order valence-electron chi connectivity index (χ4n) is 3.20. The summed E-state index contributed by atoms with van der Waals surface area (Å²) in [6.07, 6.45) is 1.18. The highest BCUT2D eigenvalue weighted by molar-refractivity contribution is 7.89. The zero-order chi connectivity index (χ0) is 18.9. The lowest BCUT2D eigenvalue weighted by atomic mass is 10.2. The second kappa shape index (κ2) is 7.64. The van der Waals surface area contributed by atoms with Crippen molar-refractivity contribution in [3.05, 3.63) is 29.8 Å². The summed E-state index contributed by atoms with van der Waals surface area (Å²) >= 11 is 0. The molecule has 144 valence electrons. The molecule has 1 aliphatic heterocycles. The number of benzene rings is 1. The van der Waals surface area contributed by atoms with Crippen LogP contribution in [0.1, 0.15) is 37.0 Å². The molecule has 2 N–H and O–H groups in total. The van der Waals surface area contributed by atoms with Gasteiger partial charge in [0.25, 0.3) is 5.91 Å². The Kier molecular flexibility index (Phi) is 5.67. The fourth-order valence-corrected chi connectivity index (χ4v) is 4.79.